The zero-order chi connectivity index (χ0) is 22.2. The van der Waals surface area contributed by atoms with Crippen molar-refractivity contribution in [1.29, 1.82) is 0 Å². The van der Waals surface area contributed by atoms with E-state index in [0.717, 1.165) is 55.6 Å². The molecule has 1 atom stereocenters. The molecule has 10 nitrogen and oxygen atoms in total. The van der Waals surface area contributed by atoms with Crippen LogP contribution < -0.4 is 10.2 Å². The quantitative estimate of drug-likeness (QED) is 0.475. The van der Waals surface area contributed by atoms with Crippen LogP contribution in [0.25, 0.3) is 11.6 Å². The van der Waals surface area contributed by atoms with Gasteiger partial charge in [0.05, 0.1) is 11.9 Å². The van der Waals surface area contributed by atoms with E-state index in [1.54, 1.807) is 24.5 Å². The number of aromatic nitrogens is 7. The molecule has 0 bridgehead atoms. The number of hydrogen-bond donors (Lipinski definition) is 2. The summed E-state index contributed by atoms with van der Waals surface area (Å²) in [7, 11) is 0. The molecule has 11 heteroatoms. The number of piperidine rings is 1. The summed E-state index contributed by atoms with van der Waals surface area (Å²) in [5, 5.41) is 22.6. The van der Waals surface area contributed by atoms with Gasteiger partial charge in [-0.15, -0.1) is 5.10 Å². The van der Waals surface area contributed by atoms with Gasteiger partial charge in [-0.25, -0.2) is 14.4 Å². The highest BCUT2D eigenvalue weighted by Gasteiger charge is 2.26. The van der Waals surface area contributed by atoms with Crippen LogP contribution in [-0.2, 0) is 12.8 Å². The third-order valence-corrected chi connectivity index (χ3v) is 6.34. The summed E-state index contributed by atoms with van der Waals surface area (Å²) >= 11 is 0. The lowest BCUT2D eigenvalue weighted by atomic mass is 9.94. The van der Waals surface area contributed by atoms with Crippen LogP contribution in [0.5, 0.6) is 0 Å². The summed E-state index contributed by atoms with van der Waals surface area (Å²) in [6, 6.07) is 7.30. The van der Waals surface area contributed by atoms with Crippen LogP contribution in [0, 0.1) is 5.82 Å². The SMILES string of the molecule is Fc1ccc2c(c1)CC(Nc1nccc(-c3nnc(N4CCC(c5cn[nH]n5)CC4)o3)n1)C2. The molecular formula is C22H22FN9O. The van der Waals surface area contributed by atoms with Crippen molar-refractivity contribution in [2.75, 3.05) is 23.3 Å². The number of fused-ring (bicyclic) bond motifs is 1. The Kier molecular flexibility index (Phi) is 4.93. The highest BCUT2D eigenvalue weighted by atomic mass is 19.1. The largest absolute Gasteiger partial charge is 0.402 e. The highest BCUT2D eigenvalue weighted by molar-refractivity contribution is 5.50. The van der Waals surface area contributed by atoms with E-state index in [9.17, 15) is 4.39 Å². The van der Waals surface area contributed by atoms with Crippen molar-refractivity contribution in [1.82, 2.24) is 35.6 Å². The molecule has 4 heterocycles. The number of anilines is 2. The molecule has 168 valence electrons. The normalized spacial score (nSPS) is 18.5. The van der Waals surface area contributed by atoms with Gasteiger partial charge in [0.15, 0.2) is 0 Å². The number of benzene rings is 1. The van der Waals surface area contributed by atoms with E-state index in [1.165, 1.54) is 6.07 Å². The molecule has 2 aliphatic rings. The monoisotopic (exact) mass is 447 g/mol. The fraction of sp³-hybridized carbons (Fsp3) is 0.364. The minimum atomic E-state index is -0.206. The Morgan fingerprint density at radius 1 is 1.09 bits per heavy atom. The summed E-state index contributed by atoms with van der Waals surface area (Å²) in [5.41, 5.74) is 3.74. The first-order valence-corrected chi connectivity index (χ1v) is 11.0. The third kappa shape index (κ3) is 4.01. The van der Waals surface area contributed by atoms with Gasteiger partial charge in [0.2, 0.25) is 5.95 Å². The Hall–Kier alpha value is -3.89. The number of rotatable bonds is 5. The average Bonchev–Trinajstić information content (AvgIpc) is 3.60. The van der Waals surface area contributed by atoms with Gasteiger partial charge in [0.1, 0.15) is 11.5 Å². The van der Waals surface area contributed by atoms with Gasteiger partial charge >= 0.3 is 6.01 Å². The molecule has 0 amide bonds. The molecule has 1 unspecified atom stereocenters. The topological polar surface area (TPSA) is 122 Å². The molecule has 0 radical (unpaired) electrons. The van der Waals surface area contributed by atoms with Crippen LogP contribution in [0.2, 0.25) is 0 Å². The van der Waals surface area contributed by atoms with Gasteiger partial charge < -0.3 is 14.6 Å². The van der Waals surface area contributed by atoms with E-state index in [2.05, 4.69) is 45.8 Å². The van der Waals surface area contributed by atoms with Crippen molar-refractivity contribution in [3.05, 3.63) is 59.3 Å². The van der Waals surface area contributed by atoms with Gasteiger partial charge in [-0.1, -0.05) is 11.2 Å². The van der Waals surface area contributed by atoms with E-state index in [-0.39, 0.29) is 11.9 Å². The first kappa shape index (κ1) is 19.8. The Balaban J connectivity index is 1.11. The molecule has 1 aliphatic heterocycles. The van der Waals surface area contributed by atoms with Crippen molar-refractivity contribution in [3.8, 4) is 11.6 Å². The maximum absolute atomic E-state index is 13.5. The lowest BCUT2D eigenvalue weighted by Gasteiger charge is -2.29. The van der Waals surface area contributed by atoms with Crippen molar-refractivity contribution >= 4 is 12.0 Å². The fourth-order valence-corrected chi connectivity index (χ4v) is 4.64. The zero-order valence-electron chi connectivity index (χ0n) is 17.8. The molecule has 2 N–H and O–H groups in total. The number of H-pyrrole nitrogens is 1. The Bertz CT molecular complexity index is 1250. The first-order valence-electron chi connectivity index (χ1n) is 11.0. The third-order valence-electron chi connectivity index (χ3n) is 6.34. The maximum Gasteiger partial charge on any atom is 0.318 e. The molecule has 1 fully saturated rings. The Morgan fingerprint density at radius 3 is 2.82 bits per heavy atom. The van der Waals surface area contributed by atoms with Gasteiger partial charge in [-0.2, -0.15) is 15.4 Å². The van der Waals surface area contributed by atoms with E-state index < -0.39 is 0 Å². The Morgan fingerprint density at radius 2 is 1.97 bits per heavy atom. The predicted molar refractivity (Wildman–Crippen MR) is 117 cm³/mol. The molecule has 0 saturated carbocycles. The molecule has 33 heavy (non-hydrogen) atoms. The summed E-state index contributed by atoms with van der Waals surface area (Å²) in [5.74, 6) is 1.02. The molecule has 4 aromatic rings. The van der Waals surface area contributed by atoms with Crippen LogP contribution in [0.3, 0.4) is 0 Å². The second-order valence-electron chi connectivity index (χ2n) is 8.47. The number of hydrogen-bond acceptors (Lipinski definition) is 9. The van der Waals surface area contributed by atoms with Crippen molar-refractivity contribution < 1.29 is 8.81 Å². The number of halogens is 1. The second-order valence-corrected chi connectivity index (χ2v) is 8.47. The van der Waals surface area contributed by atoms with Crippen LogP contribution in [0.4, 0.5) is 16.4 Å². The number of nitrogens with one attached hydrogen (secondary N) is 2. The summed E-state index contributed by atoms with van der Waals surface area (Å²) in [6.07, 6.45) is 6.88. The predicted octanol–water partition coefficient (Wildman–Crippen LogP) is 2.75. The molecular weight excluding hydrogens is 425 g/mol. The van der Waals surface area contributed by atoms with Gasteiger partial charge in [-0.3, -0.25) is 0 Å². The van der Waals surface area contributed by atoms with Gasteiger partial charge in [0, 0.05) is 31.2 Å². The van der Waals surface area contributed by atoms with Gasteiger partial charge in [0.25, 0.3) is 5.89 Å². The van der Waals surface area contributed by atoms with Crippen LogP contribution >= 0.6 is 0 Å². The molecule has 1 aliphatic carbocycles. The van der Waals surface area contributed by atoms with Crippen molar-refractivity contribution in [2.45, 2.75) is 37.6 Å². The molecule has 6 rings (SSSR count). The smallest absolute Gasteiger partial charge is 0.318 e. The van der Waals surface area contributed by atoms with E-state index in [4.69, 9.17) is 4.42 Å². The number of nitrogens with zero attached hydrogens (tertiary/aromatic N) is 7. The zero-order valence-corrected chi connectivity index (χ0v) is 17.8. The van der Waals surface area contributed by atoms with Crippen LogP contribution in [0.15, 0.2) is 41.1 Å². The molecule has 1 aromatic carbocycles. The minimum Gasteiger partial charge on any atom is -0.402 e. The average molecular weight is 447 g/mol. The lowest BCUT2D eigenvalue weighted by Crippen LogP contribution is -2.33. The standard InChI is InChI=1S/C22H22FN9O/c23-16-2-1-14-10-17(11-15(14)9-16)26-21-24-6-3-18(27-21)20-29-30-22(33-20)32-7-4-13(5-8-32)19-12-25-31-28-19/h1-3,6,9,12-13,17H,4-5,7-8,10-11H2,(H,24,26,27)(H,25,28,31). The van der Waals surface area contributed by atoms with E-state index >= 15 is 0 Å². The maximum atomic E-state index is 13.5. The fourth-order valence-electron chi connectivity index (χ4n) is 4.64. The van der Waals surface area contributed by atoms with E-state index in [0.29, 0.717) is 29.5 Å². The molecule has 0 spiro atoms. The van der Waals surface area contributed by atoms with Crippen LogP contribution in [0.1, 0.15) is 35.6 Å². The highest BCUT2D eigenvalue weighted by Crippen LogP contribution is 2.30. The molecule has 1 saturated heterocycles. The summed E-state index contributed by atoms with van der Waals surface area (Å²) in [4.78, 5) is 11.0. The Labute approximate surface area is 188 Å². The van der Waals surface area contributed by atoms with Crippen molar-refractivity contribution in [2.24, 2.45) is 0 Å². The van der Waals surface area contributed by atoms with Gasteiger partial charge in [-0.05, 0) is 55.0 Å². The summed E-state index contributed by atoms with van der Waals surface area (Å²) in [6.45, 7) is 1.61. The minimum absolute atomic E-state index is 0.112. The second kappa shape index (κ2) is 8.23. The molecule has 3 aromatic heterocycles. The van der Waals surface area contributed by atoms with Crippen molar-refractivity contribution in [3.63, 3.8) is 0 Å². The lowest BCUT2D eigenvalue weighted by molar-refractivity contribution is 0.456. The van der Waals surface area contributed by atoms with E-state index in [1.807, 2.05) is 6.07 Å². The van der Waals surface area contributed by atoms with Crippen LogP contribution in [-0.4, -0.2) is 54.7 Å². The first-order chi connectivity index (χ1) is 16.2. The summed E-state index contributed by atoms with van der Waals surface area (Å²) < 4.78 is 19.4. The number of aromatic amines is 1.